The van der Waals surface area contributed by atoms with Gasteiger partial charge in [-0.2, -0.15) is 0 Å². The Kier molecular flexibility index (Phi) is 12.9. The van der Waals surface area contributed by atoms with Gasteiger partial charge in [-0.05, 0) is 38.1 Å². The van der Waals surface area contributed by atoms with Gasteiger partial charge in [-0.25, -0.2) is 0 Å². The van der Waals surface area contributed by atoms with Gasteiger partial charge in [-0.3, -0.25) is 9.98 Å². The molecule has 0 aliphatic heterocycles. The smallest absolute Gasteiger partial charge is 0.124 e. The van der Waals surface area contributed by atoms with E-state index in [1.807, 2.05) is 0 Å². The second-order valence-electron chi connectivity index (χ2n) is 7.26. The van der Waals surface area contributed by atoms with Crippen LogP contribution in [0.3, 0.4) is 0 Å². The van der Waals surface area contributed by atoms with Crippen LogP contribution in [-0.2, 0) is 16.8 Å². The maximum atomic E-state index is 9.44. The van der Waals surface area contributed by atoms with E-state index >= 15 is 0 Å². The van der Waals surface area contributed by atoms with Crippen LogP contribution in [0.2, 0.25) is 0 Å². The van der Waals surface area contributed by atoms with E-state index in [1.54, 1.807) is 62.4 Å². The summed E-state index contributed by atoms with van der Waals surface area (Å²) in [5.74, 6) is 0.249. The van der Waals surface area contributed by atoms with Crippen molar-refractivity contribution >= 4 is 12.4 Å². The number of hydrogen-bond acceptors (Lipinski definition) is 8. The summed E-state index contributed by atoms with van der Waals surface area (Å²) in [6, 6.07) is 13.5. The van der Waals surface area contributed by atoms with Crippen LogP contribution in [0.1, 0.15) is 25.0 Å². The van der Waals surface area contributed by atoms with Crippen molar-refractivity contribution in [1.29, 1.82) is 0 Å². The molecular formula is C22H30CoN2O6. The van der Waals surface area contributed by atoms with Gasteiger partial charge >= 0.3 is 0 Å². The number of benzene rings is 2. The maximum Gasteiger partial charge on any atom is 0.124 e. The van der Waals surface area contributed by atoms with Crippen molar-refractivity contribution in [2.45, 2.75) is 24.9 Å². The Morgan fingerprint density at radius 3 is 1.19 bits per heavy atom. The summed E-state index contributed by atoms with van der Waals surface area (Å²) in [7, 11) is 0. The third kappa shape index (κ3) is 9.60. The number of para-hydroxylation sites is 2. The molecular weight excluding hydrogens is 447 g/mol. The van der Waals surface area contributed by atoms with Gasteiger partial charge in [-0.15, -0.1) is 0 Å². The zero-order valence-electron chi connectivity index (χ0n) is 17.5. The third-order valence-electron chi connectivity index (χ3n) is 4.27. The van der Waals surface area contributed by atoms with Gasteiger partial charge in [0.25, 0.3) is 0 Å². The first-order valence-corrected chi connectivity index (χ1v) is 9.32. The summed E-state index contributed by atoms with van der Waals surface area (Å²) < 4.78 is 0. The first-order valence-electron chi connectivity index (χ1n) is 9.32. The molecule has 0 atom stereocenters. The first-order chi connectivity index (χ1) is 14.2. The molecule has 0 bridgehead atoms. The van der Waals surface area contributed by atoms with Gasteiger partial charge in [0.2, 0.25) is 0 Å². The van der Waals surface area contributed by atoms with Crippen LogP contribution in [0.4, 0.5) is 0 Å². The summed E-state index contributed by atoms with van der Waals surface area (Å²) in [6.07, 6.45) is 2.89. The molecule has 2 aromatic carbocycles. The van der Waals surface area contributed by atoms with Crippen LogP contribution in [0, 0.1) is 0 Å². The molecule has 0 unspecified atom stereocenters. The molecule has 0 aromatic heterocycles. The molecule has 2 rings (SSSR count). The molecule has 9 heteroatoms. The van der Waals surface area contributed by atoms with E-state index in [9.17, 15) is 10.2 Å². The summed E-state index contributed by atoms with van der Waals surface area (Å²) in [5.41, 5.74) is -0.680. The normalized spacial score (nSPS) is 11.8. The fourth-order valence-corrected chi connectivity index (χ4v) is 1.91. The van der Waals surface area contributed by atoms with E-state index in [1.165, 1.54) is 12.4 Å². The van der Waals surface area contributed by atoms with E-state index in [4.69, 9.17) is 20.4 Å². The van der Waals surface area contributed by atoms with Crippen molar-refractivity contribution in [2.24, 2.45) is 9.98 Å². The van der Waals surface area contributed by atoms with Gasteiger partial charge in [0, 0.05) is 40.3 Å². The predicted molar refractivity (Wildman–Crippen MR) is 117 cm³/mol. The van der Waals surface area contributed by atoms with Gasteiger partial charge in [0.1, 0.15) is 22.6 Å². The molecule has 0 saturated heterocycles. The third-order valence-corrected chi connectivity index (χ3v) is 4.27. The second kappa shape index (κ2) is 13.9. The van der Waals surface area contributed by atoms with Crippen molar-refractivity contribution in [2.75, 3.05) is 26.4 Å². The molecule has 8 nitrogen and oxygen atoms in total. The minimum absolute atomic E-state index is 0. The summed E-state index contributed by atoms with van der Waals surface area (Å²) >= 11 is 0. The fourth-order valence-electron chi connectivity index (χ4n) is 1.91. The quantitative estimate of drug-likeness (QED) is 0.314. The number of phenolic OH excluding ortho intramolecular Hbond substituents is 2. The van der Waals surface area contributed by atoms with E-state index in [-0.39, 0.29) is 54.7 Å². The van der Waals surface area contributed by atoms with Crippen molar-refractivity contribution in [1.82, 2.24) is 0 Å². The average molecular weight is 477 g/mol. The number of aliphatic imine (C=N–C) groups is 2. The van der Waals surface area contributed by atoms with Crippen LogP contribution in [-0.4, -0.2) is 80.6 Å². The van der Waals surface area contributed by atoms with Crippen LogP contribution < -0.4 is 0 Å². The topological polar surface area (TPSA) is 146 Å². The average Bonchev–Trinajstić information content (AvgIpc) is 2.78. The minimum Gasteiger partial charge on any atom is -0.507 e. The number of hydrogen-bond donors (Lipinski definition) is 6. The van der Waals surface area contributed by atoms with Crippen molar-refractivity contribution < 1.29 is 47.4 Å². The molecule has 0 fully saturated rings. The number of rotatable bonds is 8. The van der Waals surface area contributed by atoms with E-state index in [0.29, 0.717) is 11.1 Å². The van der Waals surface area contributed by atoms with Crippen LogP contribution in [0.5, 0.6) is 11.5 Å². The van der Waals surface area contributed by atoms with Crippen LogP contribution >= 0.6 is 0 Å². The monoisotopic (exact) mass is 477 g/mol. The van der Waals surface area contributed by atoms with Crippen molar-refractivity contribution in [3.8, 4) is 11.5 Å². The van der Waals surface area contributed by atoms with Crippen LogP contribution in [0.25, 0.3) is 0 Å². The van der Waals surface area contributed by atoms with E-state index in [0.717, 1.165) is 0 Å². The van der Waals surface area contributed by atoms with Crippen molar-refractivity contribution in [3.63, 3.8) is 0 Å². The summed E-state index contributed by atoms with van der Waals surface area (Å²) in [4.78, 5) is 8.08. The number of phenols is 2. The standard InChI is InChI=1S/2C11H15NO3.Co/c2*1-11(7-13,8-14)12-6-9-4-2-3-5-10(9)15;/h2*2-6,13-15H,7-8H2,1H3;. The maximum absolute atomic E-state index is 9.44. The number of aromatic hydroxyl groups is 2. The Bertz CT molecular complexity index is 767. The Morgan fingerprint density at radius 2 is 0.935 bits per heavy atom. The van der Waals surface area contributed by atoms with E-state index < -0.39 is 11.1 Å². The minimum atomic E-state index is -0.901. The van der Waals surface area contributed by atoms with Gasteiger partial charge in [-0.1, -0.05) is 24.3 Å². The zero-order valence-corrected chi connectivity index (χ0v) is 18.6. The first kappa shape index (κ1) is 28.7. The molecule has 31 heavy (non-hydrogen) atoms. The van der Waals surface area contributed by atoms with Gasteiger partial charge in [0.15, 0.2) is 0 Å². The molecule has 6 N–H and O–H groups in total. The molecule has 0 saturated carbocycles. The molecule has 173 valence electrons. The van der Waals surface area contributed by atoms with E-state index in [2.05, 4.69) is 9.98 Å². The molecule has 0 amide bonds. The molecule has 0 aliphatic carbocycles. The number of nitrogens with zero attached hydrogens (tertiary/aromatic N) is 2. The Hall–Kier alpha value is -2.27. The molecule has 0 aliphatic rings. The summed E-state index contributed by atoms with van der Waals surface area (Å²) in [6.45, 7) is 2.29. The molecule has 2 aromatic rings. The number of aliphatic hydroxyl groups excluding tert-OH is 4. The molecule has 0 spiro atoms. The second-order valence-corrected chi connectivity index (χ2v) is 7.26. The Labute approximate surface area is 192 Å². The summed E-state index contributed by atoms with van der Waals surface area (Å²) in [5, 5.41) is 54.9. The SMILES string of the molecule is CC(CO)(CO)N=Cc1ccccc1O.CC(CO)(CO)N=Cc1ccccc1O.[Co]. The Balaban J connectivity index is 0.000000562. The molecule has 0 heterocycles. The van der Waals surface area contributed by atoms with Gasteiger partial charge < -0.3 is 30.6 Å². The Morgan fingerprint density at radius 1 is 0.645 bits per heavy atom. The zero-order chi connectivity index (χ0) is 22.6. The largest absolute Gasteiger partial charge is 0.507 e. The number of aliphatic hydroxyl groups is 4. The van der Waals surface area contributed by atoms with Crippen LogP contribution in [0.15, 0.2) is 58.5 Å². The van der Waals surface area contributed by atoms with Gasteiger partial charge in [0.05, 0.1) is 26.4 Å². The van der Waals surface area contributed by atoms with Crippen molar-refractivity contribution in [3.05, 3.63) is 59.7 Å². The fraction of sp³-hybridized carbons (Fsp3) is 0.364. The predicted octanol–water partition coefficient (Wildman–Crippen LogP) is 1.11. The molecule has 1 radical (unpaired) electrons.